The van der Waals surface area contributed by atoms with Crippen LogP contribution in [0, 0.1) is 0 Å². The molecule has 0 spiro atoms. The molecule has 0 fully saturated rings. The van der Waals surface area contributed by atoms with E-state index in [0.717, 1.165) is 16.9 Å². The first-order chi connectivity index (χ1) is 7.93. The first kappa shape index (κ1) is 12.0. The van der Waals surface area contributed by atoms with Gasteiger partial charge in [-0.2, -0.15) is 0 Å². The van der Waals surface area contributed by atoms with Crippen molar-refractivity contribution in [3.8, 4) is 11.5 Å². The van der Waals surface area contributed by atoms with Gasteiger partial charge in [0.1, 0.15) is 17.1 Å². The van der Waals surface area contributed by atoms with Crippen LogP contribution in [0.3, 0.4) is 0 Å². The number of fused-ring (bicyclic) bond motifs is 1. The second-order valence-electron chi connectivity index (χ2n) is 4.85. The van der Waals surface area contributed by atoms with E-state index in [1.807, 2.05) is 38.1 Å². The second-order valence-corrected chi connectivity index (χ2v) is 4.85. The van der Waals surface area contributed by atoms with Crippen LogP contribution in [0.4, 0.5) is 0 Å². The third-order valence-electron chi connectivity index (χ3n) is 2.85. The maximum Gasteiger partial charge on any atom is 0.131 e. The molecule has 0 radical (unpaired) electrons. The zero-order valence-electron chi connectivity index (χ0n) is 10.7. The molecule has 0 saturated carbocycles. The summed E-state index contributed by atoms with van der Waals surface area (Å²) in [7, 11) is 1.59. The summed E-state index contributed by atoms with van der Waals surface area (Å²) < 4.78 is 11.1. The Kier molecular flexibility index (Phi) is 2.87. The fourth-order valence-electron chi connectivity index (χ4n) is 1.93. The summed E-state index contributed by atoms with van der Waals surface area (Å²) in [6.07, 6.45) is 3.47. The van der Waals surface area contributed by atoms with E-state index in [2.05, 4.69) is 0 Å². The monoisotopic (exact) mass is 234 g/mol. The van der Waals surface area contributed by atoms with Gasteiger partial charge in [0.05, 0.1) is 13.2 Å². The Morgan fingerprint density at radius 2 is 2.06 bits per heavy atom. The summed E-state index contributed by atoms with van der Waals surface area (Å²) in [6, 6.07) is 3.74. The molecule has 17 heavy (non-hydrogen) atoms. The molecule has 1 aliphatic rings. The summed E-state index contributed by atoms with van der Waals surface area (Å²) in [5.74, 6) is 1.45. The molecule has 0 aliphatic carbocycles. The number of benzene rings is 1. The van der Waals surface area contributed by atoms with Gasteiger partial charge in [-0.15, -0.1) is 0 Å². The smallest absolute Gasteiger partial charge is 0.131 e. The SMILES string of the molecule is COc1cc2c(cc1[C@H](C)O)C=CC(C)(C)O2. The highest BCUT2D eigenvalue weighted by Crippen LogP contribution is 2.37. The van der Waals surface area contributed by atoms with Crippen LogP contribution in [0.25, 0.3) is 6.08 Å². The van der Waals surface area contributed by atoms with Gasteiger partial charge in [-0.05, 0) is 32.9 Å². The Morgan fingerprint density at radius 3 is 2.65 bits per heavy atom. The van der Waals surface area contributed by atoms with Gasteiger partial charge in [0.15, 0.2) is 0 Å². The van der Waals surface area contributed by atoms with Gasteiger partial charge in [0.2, 0.25) is 0 Å². The molecule has 1 aromatic carbocycles. The minimum Gasteiger partial charge on any atom is -0.496 e. The fourth-order valence-corrected chi connectivity index (χ4v) is 1.93. The molecule has 1 atom stereocenters. The van der Waals surface area contributed by atoms with Crippen molar-refractivity contribution in [2.24, 2.45) is 0 Å². The van der Waals surface area contributed by atoms with Crippen LogP contribution in [0.1, 0.15) is 38.0 Å². The molecule has 0 unspecified atom stereocenters. The summed E-state index contributed by atoms with van der Waals surface area (Å²) in [5, 5.41) is 9.69. The Labute approximate surface area is 102 Å². The molecule has 0 saturated heterocycles. The summed E-state index contributed by atoms with van der Waals surface area (Å²) in [5.41, 5.74) is 1.45. The molecule has 1 aromatic rings. The van der Waals surface area contributed by atoms with Crippen LogP contribution in [0.5, 0.6) is 11.5 Å². The van der Waals surface area contributed by atoms with Crippen LogP contribution in [-0.2, 0) is 0 Å². The van der Waals surface area contributed by atoms with Crippen LogP contribution in [0.15, 0.2) is 18.2 Å². The number of ether oxygens (including phenoxy) is 2. The van der Waals surface area contributed by atoms with E-state index in [1.165, 1.54) is 0 Å². The zero-order valence-corrected chi connectivity index (χ0v) is 10.7. The van der Waals surface area contributed by atoms with E-state index in [1.54, 1.807) is 14.0 Å². The zero-order chi connectivity index (χ0) is 12.6. The van der Waals surface area contributed by atoms with Crippen LogP contribution in [-0.4, -0.2) is 17.8 Å². The van der Waals surface area contributed by atoms with Crippen molar-refractivity contribution in [2.75, 3.05) is 7.11 Å². The lowest BCUT2D eigenvalue weighted by Crippen LogP contribution is -2.27. The Hall–Kier alpha value is -1.48. The molecule has 1 heterocycles. The summed E-state index contributed by atoms with van der Waals surface area (Å²) >= 11 is 0. The van der Waals surface area contributed by atoms with Gasteiger partial charge in [-0.3, -0.25) is 0 Å². The van der Waals surface area contributed by atoms with E-state index in [4.69, 9.17) is 9.47 Å². The summed E-state index contributed by atoms with van der Waals surface area (Å²) in [4.78, 5) is 0. The standard InChI is InChI=1S/C14H18O3/c1-9(15)11-7-10-5-6-14(2,3)17-12(10)8-13(11)16-4/h5-9,15H,1-4H3/t9-/m0/s1. The molecule has 1 aliphatic heterocycles. The van der Waals surface area contributed by atoms with Gasteiger partial charge >= 0.3 is 0 Å². The maximum absolute atomic E-state index is 9.69. The molecular formula is C14H18O3. The van der Waals surface area contributed by atoms with Crippen molar-refractivity contribution in [3.05, 3.63) is 29.3 Å². The van der Waals surface area contributed by atoms with Crippen molar-refractivity contribution in [1.29, 1.82) is 0 Å². The number of hydrogen-bond acceptors (Lipinski definition) is 3. The maximum atomic E-state index is 9.69. The quantitative estimate of drug-likeness (QED) is 0.855. The second kappa shape index (κ2) is 4.08. The minimum atomic E-state index is -0.557. The van der Waals surface area contributed by atoms with Gasteiger partial charge in [-0.1, -0.05) is 6.08 Å². The Bertz CT molecular complexity index is 459. The average molecular weight is 234 g/mol. The lowest BCUT2D eigenvalue weighted by Gasteiger charge is -2.28. The van der Waals surface area contributed by atoms with Crippen LogP contribution >= 0.6 is 0 Å². The van der Waals surface area contributed by atoms with Crippen molar-refractivity contribution in [2.45, 2.75) is 32.5 Å². The van der Waals surface area contributed by atoms with Crippen LogP contribution < -0.4 is 9.47 Å². The molecule has 92 valence electrons. The summed E-state index contributed by atoms with van der Waals surface area (Å²) in [6.45, 7) is 5.73. The van der Waals surface area contributed by atoms with E-state index >= 15 is 0 Å². The Morgan fingerprint density at radius 1 is 1.35 bits per heavy atom. The third kappa shape index (κ3) is 2.29. The average Bonchev–Trinajstić information content (AvgIpc) is 2.25. The van der Waals surface area contributed by atoms with Crippen molar-refractivity contribution < 1.29 is 14.6 Å². The molecule has 0 bridgehead atoms. The van der Waals surface area contributed by atoms with E-state index in [-0.39, 0.29) is 5.60 Å². The van der Waals surface area contributed by atoms with Gasteiger partial charge in [0, 0.05) is 17.2 Å². The van der Waals surface area contributed by atoms with Crippen molar-refractivity contribution >= 4 is 6.08 Å². The minimum absolute atomic E-state index is 0.301. The number of rotatable bonds is 2. The van der Waals surface area contributed by atoms with Crippen molar-refractivity contribution in [1.82, 2.24) is 0 Å². The lowest BCUT2D eigenvalue weighted by atomic mass is 9.99. The molecule has 3 heteroatoms. The molecule has 0 amide bonds. The van der Waals surface area contributed by atoms with Crippen molar-refractivity contribution in [3.63, 3.8) is 0 Å². The predicted molar refractivity (Wildman–Crippen MR) is 67.4 cm³/mol. The largest absolute Gasteiger partial charge is 0.496 e. The molecule has 2 rings (SSSR count). The molecule has 1 N–H and O–H groups in total. The van der Waals surface area contributed by atoms with E-state index in [9.17, 15) is 5.11 Å². The van der Waals surface area contributed by atoms with Gasteiger partial charge < -0.3 is 14.6 Å². The number of aliphatic hydroxyl groups excluding tert-OH is 1. The fraction of sp³-hybridized carbons (Fsp3) is 0.429. The third-order valence-corrected chi connectivity index (χ3v) is 2.85. The van der Waals surface area contributed by atoms with Gasteiger partial charge in [-0.25, -0.2) is 0 Å². The Balaban J connectivity index is 2.51. The highest BCUT2D eigenvalue weighted by atomic mass is 16.5. The molecule has 0 aromatic heterocycles. The van der Waals surface area contributed by atoms with Gasteiger partial charge in [0.25, 0.3) is 0 Å². The number of hydrogen-bond donors (Lipinski definition) is 1. The van der Waals surface area contributed by atoms with E-state index < -0.39 is 6.10 Å². The first-order valence-electron chi connectivity index (χ1n) is 5.71. The van der Waals surface area contributed by atoms with E-state index in [0.29, 0.717) is 5.75 Å². The normalized spacial score (nSPS) is 18.2. The first-order valence-corrected chi connectivity index (χ1v) is 5.71. The topological polar surface area (TPSA) is 38.7 Å². The van der Waals surface area contributed by atoms with Crippen LogP contribution in [0.2, 0.25) is 0 Å². The lowest BCUT2D eigenvalue weighted by molar-refractivity contribution is 0.157. The molecule has 3 nitrogen and oxygen atoms in total. The predicted octanol–water partition coefficient (Wildman–Crippen LogP) is 2.93. The highest BCUT2D eigenvalue weighted by Gasteiger charge is 2.23. The molecular weight excluding hydrogens is 216 g/mol. The number of methoxy groups -OCH3 is 1. The highest BCUT2D eigenvalue weighted by molar-refractivity contribution is 5.64. The number of aliphatic hydroxyl groups is 1.